The van der Waals surface area contributed by atoms with Gasteiger partial charge < -0.3 is 5.32 Å². The highest BCUT2D eigenvalue weighted by Crippen LogP contribution is 2.26. The molecule has 92 valence electrons. The third-order valence-electron chi connectivity index (χ3n) is 3.42. The number of rotatable bonds is 2. The first-order valence-corrected chi connectivity index (χ1v) is 7.03. The molecule has 0 fully saturated rings. The van der Waals surface area contributed by atoms with E-state index in [1.165, 1.54) is 16.7 Å². The van der Waals surface area contributed by atoms with Crippen LogP contribution >= 0.6 is 15.9 Å². The Balaban J connectivity index is 1.86. The van der Waals surface area contributed by atoms with Crippen LogP contribution in [0.5, 0.6) is 0 Å². The topological polar surface area (TPSA) is 24.9 Å². The van der Waals surface area contributed by atoms with Crippen LogP contribution in [-0.2, 0) is 12.8 Å². The molecule has 0 aliphatic carbocycles. The molecule has 2 nitrogen and oxygen atoms in total. The molecule has 2 aromatic rings. The SMILES string of the molecule is Brc1cncc(CC2NCCc3ccccc32)c1. The minimum Gasteiger partial charge on any atom is -0.309 e. The first kappa shape index (κ1) is 11.9. The highest BCUT2D eigenvalue weighted by atomic mass is 79.9. The fourth-order valence-electron chi connectivity index (χ4n) is 2.58. The second-order valence-corrected chi connectivity index (χ2v) is 5.59. The lowest BCUT2D eigenvalue weighted by atomic mass is 9.91. The van der Waals surface area contributed by atoms with Crippen molar-refractivity contribution in [2.45, 2.75) is 18.9 Å². The molecule has 0 bridgehead atoms. The van der Waals surface area contributed by atoms with E-state index < -0.39 is 0 Å². The summed E-state index contributed by atoms with van der Waals surface area (Å²) in [5.41, 5.74) is 4.17. The summed E-state index contributed by atoms with van der Waals surface area (Å²) in [5.74, 6) is 0. The van der Waals surface area contributed by atoms with Gasteiger partial charge in [0, 0.05) is 22.9 Å². The van der Waals surface area contributed by atoms with E-state index in [4.69, 9.17) is 0 Å². The Bertz CT molecular complexity index is 554. The third-order valence-corrected chi connectivity index (χ3v) is 3.85. The lowest BCUT2D eigenvalue weighted by molar-refractivity contribution is 0.502. The molecule has 1 aromatic carbocycles. The molecule has 0 amide bonds. The van der Waals surface area contributed by atoms with E-state index in [1.54, 1.807) is 0 Å². The summed E-state index contributed by atoms with van der Waals surface area (Å²) in [5, 5.41) is 3.60. The third kappa shape index (κ3) is 2.47. The van der Waals surface area contributed by atoms with Crippen molar-refractivity contribution < 1.29 is 0 Å². The molecule has 0 radical (unpaired) electrons. The van der Waals surface area contributed by atoms with Crippen LogP contribution in [0.2, 0.25) is 0 Å². The molecule has 1 atom stereocenters. The van der Waals surface area contributed by atoms with Gasteiger partial charge in [-0.2, -0.15) is 0 Å². The minimum atomic E-state index is 0.408. The molecule has 0 spiro atoms. The van der Waals surface area contributed by atoms with Gasteiger partial charge in [0.05, 0.1) is 0 Å². The van der Waals surface area contributed by atoms with Crippen LogP contribution in [0.3, 0.4) is 0 Å². The normalized spacial score (nSPS) is 18.4. The van der Waals surface area contributed by atoms with Crippen LogP contribution in [0.4, 0.5) is 0 Å². The summed E-state index contributed by atoms with van der Waals surface area (Å²) in [6.45, 7) is 1.06. The van der Waals surface area contributed by atoms with Crippen LogP contribution in [0.25, 0.3) is 0 Å². The fraction of sp³-hybridized carbons (Fsp3) is 0.267. The molecule has 1 aromatic heterocycles. The van der Waals surface area contributed by atoms with Crippen LogP contribution < -0.4 is 5.32 Å². The van der Waals surface area contributed by atoms with Crippen molar-refractivity contribution in [1.29, 1.82) is 0 Å². The van der Waals surface area contributed by atoms with E-state index in [9.17, 15) is 0 Å². The first-order chi connectivity index (χ1) is 8.83. The lowest BCUT2D eigenvalue weighted by Gasteiger charge is -2.27. The quantitative estimate of drug-likeness (QED) is 0.921. The summed E-state index contributed by atoms with van der Waals surface area (Å²) >= 11 is 3.48. The first-order valence-electron chi connectivity index (χ1n) is 6.23. The molecule has 3 rings (SSSR count). The Morgan fingerprint density at radius 2 is 2.17 bits per heavy atom. The molecular weight excluding hydrogens is 288 g/mol. The van der Waals surface area contributed by atoms with Crippen molar-refractivity contribution in [1.82, 2.24) is 10.3 Å². The Kier molecular flexibility index (Phi) is 3.43. The maximum absolute atomic E-state index is 4.23. The van der Waals surface area contributed by atoms with Gasteiger partial charge in [-0.05, 0) is 58.1 Å². The number of halogens is 1. The Morgan fingerprint density at radius 1 is 1.28 bits per heavy atom. The molecule has 1 aliphatic rings. The summed E-state index contributed by atoms with van der Waals surface area (Å²) in [6, 6.07) is 11.3. The maximum atomic E-state index is 4.23. The van der Waals surface area contributed by atoms with Gasteiger partial charge in [0.15, 0.2) is 0 Å². The summed E-state index contributed by atoms with van der Waals surface area (Å²) in [6.07, 6.45) is 5.89. The standard InChI is InChI=1S/C15H15BrN2/c16-13-7-11(9-17-10-13)8-15-14-4-2-1-3-12(14)5-6-18-15/h1-4,7,9-10,15,18H,5-6,8H2. The fourth-order valence-corrected chi connectivity index (χ4v) is 2.99. The number of fused-ring (bicyclic) bond motifs is 1. The molecule has 1 unspecified atom stereocenters. The molecule has 3 heteroatoms. The van der Waals surface area contributed by atoms with Crippen molar-refractivity contribution in [3.63, 3.8) is 0 Å². The molecular formula is C15H15BrN2. The number of hydrogen-bond donors (Lipinski definition) is 1. The molecule has 18 heavy (non-hydrogen) atoms. The van der Waals surface area contributed by atoms with Crippen molar-refractivity contribution in [3.05, 3.63) is 63.9 Å². The lowest BCUT2D eigenvalue weighted by Crippen LogP contribution is -2.31. The van der Waals surface area contributed by atoms with E-state index in [0.717, 1.165) is 23.9 Å². The van der Waals surface area contributed by atoms with Gasteiger partial charge in [-0.15, -0.1) is 0 Å². The maximum Gasteiger partial charge on any atom is 0.0410 e. The van der Waals surface area contributed by atoms with Crippen LogP contribution in [0.15, 0.2) is 47.2 Å². The average molecular weight is 303 g/mol. The van der Waals surface area contributed by atoms with Crippen molar-refractivity contribution >= 4 is 15.9 Å². The van der Waals surface area contributed by atoms with Gasteiger partial charge in [0.2, 0.25) is 0 Å². The van der Waals surface area contributed by atoms with Gasteiger partial charge in [-0.1, -0.05) is 24.3 Å². The second-order valence-electron chi connectivity index (χ2n) is 4.67. The highest BCUT2D eigenvalue weighted by molar-refractivity contribution is 9.10. The molecule has 1 aliphatic heterocycles. The summed E-state index contributed by atoms with van der Waals surface area (Å²) < 4.78 is 1.05. The van der Waals surface area contributed by atoms with E-state index in [-0.39, 0.29) is 0 Å². The smallest absolute Gasteiger partial charge is 0.0410 e. The van der Waals surface area contributed by atoms with Crippen molar-refractivity contribution in [3.8, 4) is 0 Å². The van der Waals surface area contributed by atoms with E-state index >= 15 is 0 Å². The van der Waals surface area contributed by atoms with Gasteiger partial charge in [-0.3, -0.25) is 4.98 Å². The zero-order valence-corrected chi connectivity index (χ0v) is 11.7. The van der Waals surface area contributed by atoms with Gasteiger partial charge in [0.1, 0.15) is 0 Å². The average Bonchev–Trinajstić information content (AvgIpc) is 2.39. The van der Waals surface area contributed by atoms with E-state index in [0.29, 0.717) is 6.04 Å². The van der Waals surface area contributed by atoms with Crippen LogP contribution in [-0.4, -0.2) is 11.5 Å². The summed E-state index contributed by atoms with van der Waals surface area (Å²) in [4.78, 5) is 4.23. The largest absolute Gasteiger partial charge is 0.309 e. The van der Waals surface area contributed by atoms with E-state index in [1.807, 2.05) is 12.4 Å². The molecule has 0 saturated carbocycles. The van der Waals surface area contributed by atoms with Crippen molar-refractivity contribution in [2.24, 2.45) is 0 Å². The number of pyridine rings is 1. The van der Waals surface area contributed by atoms with Crippen LogP contribution in [0.1, 0.15) is 22.7 Å². The predicted octanol–water partition coefficient (Wildman–Crippen LogP) is 3.27. The highest BCUT2D eigenvalue weighted by Gasteiger charge is 2.19. The number of nitrogens with zero attached hydrogens (tertiary/aromatic N) is 1. The van der Waals surface area contributed by atoms with Gasteiger partial charge in [-0.25, -0.2) is 0 Å². The monoisotopic (exact) mass is 302 g/mol. The molecule has 1 N–H and O–H groups in total. The number of aromatic nitrogens is 1. The Hall–Kier alpha value is -1.19. The Labute approximate surface area is 116 Å². The van der Waals surface area contributed by atoms with E-state index in [2.05, 4.69) is 56.6 Å². The zero-order valence-electron chi connectivity index (χ0n) is 10.1. The Morgan fingerprint density at radius 3 is 3.06 bits per heavy atom. The zero-order chi connectivity index (χ0) is 12.4. The second kappa shape index (κ2) is 5.21. The molecule has 0 saturated heterocycles. The van der Waals surface area contributed by atoms with Crippen LogP contribution in [0, 0.1) is 0 Å². The number of benzene rings is 1. The van der Waals surface area contributed by atoms with Crippen molar-refractivity contribution in [2.75, 3.05) is 6.54 Å². The minimum absolute atomic E-state index is 0.408. The predicted molar refractivity (Wildman–Crippen MR) is 76.5 cm³/mol. The summed E-state index contributed by atoms with van der Waals surface area (Å²) in [7, 11) is 0. The number of nitrogens with one attached hydrogen (secondary N) is 1. The molecule has 2 heterocycles. The van der Waals surface area contributed by atoms with Gasteiger partial charge in [0.25, 0.3) is 0 Å². The number of hydrogen-bond acceptors (Lipinski definition) is 2. The van der Waals surface area contributed by atoms with Gasteiger partial charge >= 0.3 is 0 Å².